The monoisotopic (exact) mass is 417 g/mol. The third kappa shape index (κ3) is 3.83. The number of anilines is 1. The Balaban J connectivity index is 1.21. The average Bonchev–Trinajstić information content (AvgIpc) is 3.41. The van der Waals surface area contributed by atoms with E-state index in [0.717, 1.165) is 63.9 Å². The van der Waals surface area contributed by atoms with E-state index < -0.39 is 5.60 Å². The number of fused-ring (bicyclic) bond motifs is 3. The fourth-order valence-corrected chi connectivity index (χ4v) is 6.05. The largest absolute Gasteiger partial charge is 0.383 e. The number of piperidine rings is 3. The van der Waals surface area contributed by atoms with Gasteiger partial charge in [0.2, 0.25) is 5.91 Å². The molecule has 0 aromatic carbocycles. The predicted molar refractivity (Wildman–Crippen MR) is 108 cm³/mol. The third-order valence-electron chi connectivity index (χ3n) is 7.15. The molecule has 1 unspecified atom stereocenters. The van der Waals surface area contributed by atoms with Gasteiger partial charge in [-0.15, -0.1) is 16.4 Å². The Bertz CT molecular complexity index is 847. The van der Waals surface area contributed by atoms with Crippen molar-refractivity contribution >= 4 is 22.4 Å². The zero-order chi connectivity index (χ0) is 19.8. The number of hydrogen-bond acceptors (Lipinski definition) is 6. The smallest absolute Gasteiger partial charge is 0.235 e. The first kappa shape index (κ1) is 19.1. The number of aliphatic hydroxyl groups is 1. The summed E-state index contributed by atoms with van der Waals surface area (Å²) in [7, 11) is 0. The van der Waals surface area contributed by atoms with Gasteiger partial charge in [0, 0.05) is 24.4 Å². The molecule has 2 aromatic heterocycles. The summed E-state index contributed by atoms with van der Waals surface area (Å²) in [5.41, 5.74) is -0.0716. The zero-order valence-electron chi connectivity index (χ0n) is 16.6. The molecule has 6 rings (SSSR count). The molecular weight excluding hydrogens is 388 g/mol. The van der Waals surface area contributed by atoms with Crippen molar-refractivity contribution in [3.05, 3.63) is 23.5 Å². The summed E-state index contributed by atoms with van der Waals surface area (Å²) >= 11 is 1.46. The molecule has 1 saturated carbocycles. The van der Waals surface area contributed by atoms with E-state index >= 15 is 0 Å². The molecule has 8 nitrogen and oxygen atoms in total. The van der Waals surface area contributed by atoms with Crippen molar-refractivity contribution in [2.75, 3.05) is 18.4 Å². The Morgan fingerprint density at radius 2 is 2.24 bits per heavy atom. The lowest BCUT2D eigenvalue weighted by atomic mass is 9.75. The summed E-state index contributed by atoms with van der Waals surface area (Å²) < 4.78 is 1.91. The Labute approximate surface area is 174 Å². The molecule has 9 heteroatoms. The number of nitrogens with zero attached hydrogens (tertiary/aromatic N) is 4. The SMILES string of the molecule is O=C(Nc1nccs1)[C@H]1C[NH+]2CC[C@@H]1C[C@@H]2Cn1cc(C2(O)CCCCC2)nn1. The van der Waals surface area contributed by atoms with E-state index in [9.17, 15) is 9.90 Å². The molecule has 0 spiro atoms. The summed E-state index contributed by atoms with van der Waals surface area (Å²) in [6.45, 7) is 2.79. The number of rotatable bonds is 5. The molecule has 5 heterocycles. The number of hydrogen-bond donors (Lipinski definition) is 3. The molecule has 0 radical (unpaired) electrons. The van der Waals surface area contributed by atoms with E-state index in [1.807, 2.05) is 16.3 Å². The van der Waals surface area contributed by atoms with E-state index in [0.29, 0.717) is 17.1 Å². The fourth-order valence-electron chi connectivity index (χ4n) is 5.52. The van der Waals surface area contributed by atoms with Crippen LogP contribution in [0.3, 0.4) is 0 Å². The molecule has 3 saturated heterocycles. The molecule has 156 valence electrons. The molecule has 2 bridgehead atoms. The van der Waals surface area contributed by atoms with Crippen molar-refractivity contribution < 1.29 is 14.8 Å². The highest BCUT2D eigenvalue weighted by Crippen LogP contribution is 2.35. The zero-order valence-corrected chi connectivity index (χ0v) is 17.4. The maximum absolute atomic E-state index is 12.7. The van der Waals surface area contributed by atoms with Gasteiger partial charge in [0.05, 0.1) is 31.7 Å². The lowest BCUT2D eigenvalue weighted by Gasteiger charge is -2.46. The molecule has 29 heavy (non-hydrogen) atoms. The summed E-state index contributed by atoms with van der Waals surface area (Å²) in [6.07, 6.45) is 10.7. The fraction of sp³-hybridized carbons (Fsp3) is 0.700. The van der Waals surface area contributed by atoms with Gasteiger partial charge in [-0.25, -0.2) is 9.67 Å². The molecule has 3 N–H and O–H groups in total. The van der Waals surface area contributed by atoms with Gasteiger partial charge in [0.1, 0.15) is 17.3 Å². The Morgan fingerprint density at radius 1 is 1.38 bits per heavy atom. The highest BCUT2D eigenvalue weighted by atomic mass is 32.1. The van der Waals surface area contributed by atoms with Crippen LogP contribution in [0.1, 0.15) is 50.6 Å². The highest BCUT2D eigenvalue weighted by Gasteiger charge is 2.47. The second kappa shape index (κ2) is 7.77. The van der Waals surface area contributed by atoms with E-state index in [1.165, 1.54) is 22.7 Å². The Hall–Kier alpha value is -1.84. The van der Waals surface area contributed by atoms with Crippen molar-refractivity contribution in [3.63, 3.8) is 0 Å². The van der Waals surface area contributed by atoms with Crippen LogP contribution in [0.25, 0.3) is 0 Å². The van der Waals surface area contributed by atoms with Gasteiger partial charge in [0.15, 0.2) is 5.13 Å². The molecule has 1 amide bonds. The minimum atomic E-state index is -0.797. The predicted octanol–water partition coefficient (Wildman–Crippen LogP) is 0.818. The normalized spacial score (nSPS) is 30.9. The minimum Gasteiger partial charge on any atom is -0.383 e. The highest BCUT2D eigenvalue weighted by molar-refractivity contribution is 7.13. The van der Waals surface area contributed by atoms with Gasteiger partial charge in [-0.2, -0.15) is 0 Å². The van der Waals surface area contributed by atoms with Crippen LogP contribution in [0.2, 0.25) is 0 Å². The average molecular weight is 418 g/mol. The summed E-state index contributed by atoms with van der Waals surface area (Å²) in [5, 5.41) is 25.1. The minimum absolute atomic E-state index is 0.0631. The third-order valence-corrected chi connectivity index (χ3v) is 7.84. The second-order valence-corrected chi connectivity index (χ2v) is 9.84. The van der Waals surface area contributed by atoms with Crippen molar-refractivity contribution in [3.8, 4) is 0 Å². The maximum Gasteiger partial charge on any atom is 0.235 e. The summed E-state index contributed by atoms with van der Waals surface area (Å²) in [6, 6.07) is 0.452. The van der Waals surface area contributed by atoms with Gasteiger partial charge in [-0.05, 0) is 18.8 Å². The molecule has 4 fully saturated rings. The van der Waals surface area contributed by atoms with Crippen LogP contribution in [-0.4, -0.2) is 50.1 Å². The molecule has 4 atom stereocenters. The van der Waals surface area contributed by atoms with Crippen molar-refractivity contribution in [1.82, 2.24) is 20.0 Å². The van der Waals surface area contributed by atoms with Crippen LogP contribution < -0.4 is 10.2 Å². The Morgan fingerprint density at radius 3 is 2.97 bits per heavy atom. The van der Waals surface area contributed by atoms with Gasteiger partial charge >= 0.3 is 0 Å². The lowest BCUT2D eigenvalue weighted by Crippen LogP contribution is -3.20. The molecular formula is C20H29N6O2S+. The first-order chi connectivity index (χ1) is 14.1. The van der Waals surface area contributed by atoms with Crippen molar-refractivity contribution in [2.45, 2.75) is 63.1 Å². The number of quaternary nitrogens is 1. The number of amides is 1. The van der Waals surface area contributed by atoms with E-state index in [1.54, 1.807) is 6.20 Å². The van der Waals surface area contributed by atoms with Crippen LogP contribution in [-0.2, 0) is 16.9 Å². The van der Waals surface area contributed by atoms with E-state index in [-0.39, 0.29) is 11.8 Å². The molecule has 1 aliphatic carbocycles. The second-order valence-electron chi connectivity index (χ2n) is 8.94. The summed E-state index contributed by atoms with van der Waals surface area (Å²) in [4.78, 5) is 18.4. The van der Waals surface area contributed by atoms with Gasteiger partial charge < -0.3 is 15.3 Å². The van der Waals surface area contributed by atoms with Crippen LogP contribution in [0.5, 0.6) is 0 Å². The van der Waals surface area contributed by atoms with Crippen LogP contribution in [0.15, 0.2) is 17.8 Å². The number of thiazole rings is 1. The molecule has 3 aliphatic heterocycles. The van der Waals surface area contributed by atoms with Crippen molar-refractivity contribution in [2.24, 2.45) is 11.8 Å². The number of carbonyl (C=O) groups is 1. The topological polar surface area (TPSA) is 97.4 Å². The first-order valence-electron chi connectivity index (χ1n) is 10.8. The van der Waals surface area contributed by atoms with E-state index in [4.69, 9.17) is 0 Å². The van der Waals surface area contributed by atoms with Crippen LogP contribution in [0.4, 0.5) is 5.13 Å². The summed E-state index contributed by atoms with van der Waals surface area (Å²) in [5.74, 6) is 0.597. The number of nitrogens with one attached hydrogen (secondary N) is 2. The van der Waals surface area contributed by atoms with Crippen LogP contribution >= 0.6 is 11.3 Å². The molecule has 2 aromatic rings. The molecule has 4 aliphatic rings. The quantitative estimate of drug-likeness (QED) is 0.669. The van der Waals surface area contributed by atoms with Gasteiger partial charge in [0.25, 0.3) is 0 Å². The number of carbonyl (C=O) groups excluding carboxylic acids is 1. The number of aromatic nitrogens is 4. The van der Waals surface area contributed by atoms with Gasteiger partial charge in [-0.1, -0.05) is 24.5 Å². The van der Waals surface area contributed by atoms with Crippen LogP contribution in [0, 0.1) is 11.8 Å². The van der Waals surface area contributed by atoms with Gasteiger partial charge in [-0.3, -0.25) is 4.79 Å². The Kier molecular flexibility index (Phi) is 5.13. The van der Waals surface area contributed by atoms with E-state index in [2.05, 4.69) is 20.6 Å². The standard InChI is InChI=1S/C20H28N6O2S/c27-18(22-19-21-7-9-29-19)16-12-25-8-4-14(16)10-15(25)11-26-13-17(23-24-26)20(28)5-2-1-3-6-20/h7,9,13-16,28H,1-6,8,10-12H2,(H,21,22,27)/p+1/t14-,15-,16+/m1/s1. The maximum atomic E-state index is 12.7. The van der Waals surface area contributed by atoms with Crippen molar-refractivity contribution in [1.29, 1.82) is 0 Å². The lowest BCUT2D eigenvalue weighted by molar-refractivity contribution is -0.945. The first-order valence-corrected chi connectivity index (χ1v) is 11.7.